The maximum absolute atomic E-state index is 5.72. The van der Waals surface area contributed by atoms with E-state index in [9.17, 15) is 0 Å². The Morgan fingerprint density at radius 1 is 1.18 bits per heavy atom. The van der Waals surface area contributed by atoms with E-state index in [0.717, 1.165) is 15.8 Å². The van der Waals surface area contributed by atoms with Gasteiger partial charge in [-0.3, -0.25) is 4.40 Å². The van der Waals surface area contributed by atoms with E-state index in [1.807, 2.05) is 28.8 Å². The SMILES string of the molecule is Clc1nccc(Sc2nnc3ccccn23)n1. The fourth-order valence-corrected chi connectivity index (χ4v) is 2.34. The first-order valence-corrected chi connectivity index (χ1v) is 5.98. The number of nitrogens with zero attached hydrogens (tertiary/aromatic N) is 5. The Balaban J connectivity index is 2.00. The largest absolute Gasteiger partial charge is 0.277 e. The molecule has 5 nitrogen and oxygen atoms in total. The first-order chi connectivity index (χ1) is 8.33. The van der Waals surface area contributed by atoms with Gasteiger partial charge in [-0.15, -0.1) is 10.2 Å². The highest BCUT2D eigenvalue weighted by Gasteiger charge is 2.07. The molecule has 3 aromatic rings. The zero-order chi connectivity index (χ0) is 11.7. The molecule has 3 rings (SSSR count). The number of rotatable bonds is 2. The summed E-state index contributed by atoms with van der Waals surface area (Å²) in [5.41, 5.74) is 0.801. The van der Waals surface area contributed by atoms with Gasteiger partial charge in [0.2, 0.25) is 10.4 Å². The number of halogens is 1. The molecular formula is C10H6ClN5S. The standard InChI is InChI=1S/C10H6ClN5S/c11-9-12-5-4-8(13-9)17-10-15-14-7-3-1-2-6-16(7)10/h1-6H. The molecule has 0 bridgehead atoms. The van der Waals surface area contributed by atoms with E-state index in [0.29, 0.717) is 0 Å². The van der Waals surface area contributed by atoms with Crippen LogP contribution in [0.5, 0.6) is 0 Å². The fourth-order valence-electron chi connectivity index (χ4n) is 1.36. The normalized spacial score (nSPS) is 10.9. The Kier molecular flexibility index (Phi) is 2.66. The molecule has 0 unspecified atom stereocenters. The van der Waals surface area contributed by atoms with E-state index in [4.69, 9.17) is 11.6 Å². The smallest absolute Gasteiger partial charge is 0.223 e. The Morgan fingerprint density at radius 2 is 2.12 bits per heavy atom. The van der Waals surface area contributed by atoms with Crippen molar-refractivity contribution in [2.75, 3.05) is 0 Å². The van der Waals surface area contributed by atoms with E-state index in [1.54, 1.807) is 12.3 Å². The van der Waals surface area contributed by atoms with Gasteiger partial charge in [0.05, 0.1) is 0 Å². The van der Waals surface area contributed by atoms with Crippen LogP contribution in [0.1, 0.15) is 0 Å². The Bertz CT molecular complexity index is 668. The maximum atomic E-state index is 5.72. The van der Waals surface area contributed by atoms with Crippen LogP contribution in [0.2, 0.25) is 5.28 Å². The fraction of sp³-hybridized carbons (Fsp3) is 0. The van der Waals surface area contributed by atoms with Gasteiger partial charge in [-0.2, -0.15) is 0 Å². The summed E-state index contributed by atoms with van der Waals surface area (Å²) in [6, 6.07) is 7.51. The topological polar surface area (TPSA) is 56.0 Å². The third-order valence-electron chi connectivity index (χ3n) is 2.08. The average Bonchev–Trinajstić information content (AvgIpc) is 2.73. The second-order valence-electron chi connectivity index (χ2n) is 3.18. The Morgan fingerprint density at radius 3 is 3.00 bits per heavy atom. The molecule has 0 spiro atoms. The number of aromatic nitrogens is 5. The van der Waals surface area contributed by atoms with E-state index in [-0.39, 0.29) is 5.28 Å². The van der Waals surface area contributed by atoms with E-state index in [2.05, 4.69) is 20.2 Å². The summed E-state index contributed by atoms with van der Waals surface area (Å²) in [4.78, 5) is 7.92. The molecule has 84 valence electrons. The molecule has 0 aliphatic heterocycles. The predicted molar refractivity (Wildman–Crippen MR) is 64.2 cm³/mol. The predicted octanol–water partition coefficient (Wildman–Crippen LogP) is 2.32. The van der Waals surface area contributed by atoms with Crippen LogP contribution in [0.4, 0.5) is 0 Å². The van der Waals surface area contributed by atoms with Crippen molar-refractivity contribution in [2.45, 2.75) is 10.2 Å². The van der Waals surface area contributed by atoms with Crippen molar-refractivity contribution in [1.82, 2.24) is 24.6 Å². The van der Waals surface area contributed by atoms with Crippen LogP contribution in [0.25, 0.3) is 5.65 Å². The van der Waals surface area contributed by atoms with Crippen molar-refractivity contribution >= 4 is 29.0 Å². The van der Waals surface area contributed by atoms with Gasteiger partial charge in [-0.1, -0.05) is 6.07 Å². The lowest BCUT2D eigenvalue weighted by molar-refractivity contribution is 0.914. The molecule has 0 amide bonds. The lowest BCUT2D eigenvalue weighted by atomic mass is 10.5. The van der Waals surface area contributed by atoms with Crippen LogP contribution in [0.3, 0.4) is 0 Å². The molecule has 7 heteroatoms. The molecule has 0 N–H and O–H groups in total. The molecule has 3 heterocycles. The van der Waals surface area contributed by atoms with Crippen molar-refractivity contribution < 1.29 is 0 Å². The van der Waals surface area contributed by atoms with Gasteiger partial charge < -0.3 is 0 Å². The summed E-state index contributed by atoms with van der Waals surface area (Å²) in [7, 11) is 0. The molecular weight excluding hydrogens is 258 g/mol. The van der Waals surface area contributed by atoms with Crippen LogP contribution >= 0.6 is 23.4 Å². The third-order valence-corrected chi connectivity index (χ3v) is 3.16. The van der Waals surface area contributed by atoms with Crippen LogP contribution in [0.15, 0.2) is 46.8 Å². The maximum Gasteiger partial charge on any atom is 0.223 e. The van der Waals surface area contributed by atoms with E-state index in [1.165, 1.54) is 11.8 Å². The lowest BCUT2D eigenvalue weighted by Gasteiger charge is -1.98. The highest BCUT2D eigenvalue weighted by molar-refractivity contribution is 7.99. The molecule has 0 saturated heterocycles. The van der Waals surface area contributed by atoms with Gasteiger partial charge in [-0.25, -0.2) is 9.97 Å². The number of fused-ring (bicyclic) bond motifs is 1. The molecule has 0 fully saturated rings. The minimum absolute atomic E-state index is 0.226. The minimum atomic E-state index is 0.226. The summed E-state index contributed by atoms with van der Waals surface area (Å²) < 4.78 is 1.89. The van der Waals surface area contributed by atoms with Gasteiger partial charge >= 0.3 is 0 Å². The third kappa shape index (κ3) is 2.09. The van der Waals surface area contributed by atoms with Crippen LogP contribution in [-0.4, -0.2) is 24.6 Å². The van der Waals surface area contributed by atoms with Gasteiger partial charge in [0, 0.05) is 12.4 Å². The van der Waals surface area contributed by atoms with Crippen molar-refractivity contribution in [1.29, 1.82) is 0 Å². The number of pyridine rings is 1. The minimum Gasteiger partial charge on any atom is -0.277 e. The number of hydrogen-bond donors (Lipinski definition) is 0. The summed E-state index contributed by atoms with van der Waals surface area (Å²) in [6.07, 6.45) is 3.52. The first kappa shape index (κ1) is 10.5. The Hall–Kier alpha value is -1.66. The quantitative estimate of drug-likeness (QED) is 0.525. The van der Waals surface area contributed by atoms with Crippen molar-refractivity contribution in [3.63, 3.8) is 0 Å². The molecule has 0 aliphatic rings. The van der Waals surface area contributed by atoms with Crippen LogP contribution in [0, 0.1) is 0 Å². The molecule has 17 heavy (non-hydrogen) atoms. The van der Waals surface area contributed by atoms with Gasteiger partial charge in [0.15, 0.2) is 5.65 Å². The van der Waals surface area contributed by atoms with Gasteiger partial charge in [-0.05, 0) is 41.6 Å². The second kappa shape index (κ2) is 4.31. The van der Waals surface area contributed by atoms with Crippen LogP contribution < -0.4 is 0 Å². The van der Waals surface area contributed by atoms with Gasteiger partial charge in [0.25, 0.3) is 0 Å². The molecule has 3 aromatic heterocycles. The van der Waals surface area contributed by atoms with Crippen molar-refractivity contribution in [3.8, 4) is 0 Å². The number of hydrogen-bond acceptors (Lipinski definition) is 5. The summed E-state index contributed by atoms with van der Waals surface area (Å²) >= 11 is 7.12. The van der Waals surface area contributed by atoms with Crippen molar-refractivity contribution in [3.05, 3.63) is 41.9 Å². The van der Waals surface area contributed by atoms with Gasteiger partial charge in [0.1, 0.15) is 5.03 Å². The second-order valence-corrected chi connectivity index (χ2v) is 4.50. The first-order valence-electron chi connectivity index (χ1n) is 4.79. The summed E-state index contributed by atoms with van der Waals surface area (Å²) in [6.45, 7) is 0. The highest BCUT2D eigenvalue weighted by atomic mass is 35.5. The van der Waals surface area contributed by atoms with Crippen LogP contribution in [-0.2, 0) is 0 Å². The molecule has 0 atom stereocenters. The van der Waals surface area contributed by atoms with Crippen molar-refractivity contribution in [2.24, 2.45) is 0 Å². The summed E-state index contributed by atoms with van der Waals surface area (Å²) in [5, 5.41) is 9.86. The zero-order valence-electron chi connectivity index (χ0n) is 8.49. The van der Waals surface area contributed by atoms with E-state index >= 15 is 0 Å². The highest BCUT2D eigenvalue weighted by Crippen LogP contribution is 2.24. The molecule has 0 saturated carbocycles. The van der Waals surface area contributed by atoms with E-state index < -0.39 is 0 Å². The molecule has 0 aliphatic carbocycles. The lowest BCUT2D eigenvalue weighted by Crippen LogP contribution is -1.88. The summed E-state index contributed by atoms with van der Waals surface area (Å²) in [5.74, 6) is 0. The average molecular weight is 264 g/mol. The molecule has 0 aromatic carbocycles. The Labute approximate surface area is 106 Å². The monoisotopic (exact) mass is 263 g/mol. The zero-order valence-corrected chi connectivity index (χ0v) is 10.1. The molecule has 0 radical (unpaired) electrons.